The normalized spacial score (nSPS) is 14.7. The molecule has 4 aromatic heterocycles. The van der Waals surface area contributed by atoms with E-state index in [0.29, 0.717) is 5.95 Å². The summed E-state index contributed by atoms with van der Waals surface area (Å²) in [6, 6.07) is 11.7. The third kappa shape index (κ3) is 4.45. The number of aromatic nitrogens is 6. The first-order chi connectivity index (χ1) is 15.8. The molecule has 32 heavy (non-hydrogen) atoms. The van der Waals surface area contributed by atoms with E-state index in [-0.39, 0.29) is 0 Å². The van der Waals surface area contributed by atoms with Crippen LogP contribution in [0.3, 0.4) is 0 Å². The van der Waals surface area contributed by atoms with E-state index in [0.717, 1.165) is 53.6 Å². The van der Waals surface area contributed by atoms with Crippen LogP contribution in [0.4, 0.5) is 5.95 Å². The number of fused-ring (bicyclic) bond motifs is 1. The number of hydrogen-bond acceptors (Lipinski definition) is 7. The van der Waals surface area contributed by atoms with Crippen LogP contribution in [0.2, 0.25) is 0 Å². The summed E-state index contributed by atoms with van der Waals surface area (Å²) in [4.78, 5) is 21.3. The SMILES string of the molecule is Cc1cccc(-c2nc3cccnn3c2-c2ccnc(NCCCN3CCCCC3)n2)n1. The minimum atomic E-state index is 0.621. The Morgan fingerprint density at radius 2 is 1.81 bits per heavy atom. The molecule has 0 bridgehead atoms. The Balaban J connectivity index is 1.40. The first-order valence-electron chi connectivity index (χ1n) is 11.4. The van der Waals surface area contributed by atoms with E-state index in [9.17, 15) is 0 Å². The first kappa shape index (κ1) is 20.5. The van der Waals surface area contributed by atoms with Crippen LogP contribution in [-0.4, -0.2) is 60.6 Å². The van der Waals surface area contributed by atoms with E-state index >= 15 is 0 Å². The van der Waals surface area contributed by atoms with Gasteiger partial charge in [-0.25, -0.2) is 19.5 Å². The molecule has 0 atom stereocenters. The smallest absolute Gasteiger partial charge is 0.223 e. The lowest BCUT2D eigenvalue weighted by Crippen LogP contribution is -2.31. The number of rotatable bonds is 7. The second-order valence-corrected chi connectivity index (χ2v) is 8.22. The zero-order chi connectivity index (χ0) is 21.8. The first-order valence-corrected chi connectivity index (χ1v) is 11.4. The highest BCUT2D eigenvalue weighted by molar-refractivity contribution is 5.78. The van der Waals surface area contributed by atoms with Gasteiger partial charge < -0.3 is 10.2 Å². The minimum Gasteiger partial charge on any atom is -0.354 e. The molecule has 164 valence electrons. The number of imidazole rings is 1. The molecule has 0 radical (unpaired) electrons. The van der Waals surface area contributed by atoms with Crippen molar-refractivity contribution in [3.8, 4) is 22.8 Å². The second kappa shape index (κ2) is 9.40. The molecule has 5 rings (SSSR count). The van der Waals surface area contributed by atoms with E-state index in [2.05, 4.69) is 25.3 Å². The van der Waals surface area contributed by atoms with Gasteiger partial charge in [-0.05, 0) is 76.2 Å². The van der Waals surface area contributed by atoms with Crippen molar-refractivity contribution >= 4 is 11.6 Å². The molecule has 0 amide bonds. The topological polar surface area (TPSA) is 84.1 Å². The van der Waals surface area contributed by atoms with Gasteiger partial charge in [0.1, 0.15) is 11.4 Å². The fraction of sp³-hybridized carbons (Fsp3) is 0.375. The largest absolute Gasteiger partial charge is 0.354 e. The Hall–Kier alpha value is -3.39. The Morgan fingerprint density at radius 3 is 2.69 bits per heavy atom. The standard InChI is InChI=1S/C24H28N8/c1-18-8-5-9-19(28-18)22-23(32-21(30-22)10-6-13-27-32)20-11-14-26-24(29-20)25-12-7-17-31-15-3-2-4-16-31/h5-6,8-11,13-14H,2-4,7,12,15-17H2,1H3,(H,25,26,29). The quantitative estimate of drug-likeness (QED) is 0.448. The van der Waals surface area contributed by atoms with Crippen LogP contribution in [0.1, 0.15) is 31.4 Å². The number of nitrogens with zero attached hydrogens (tertiary/aromatic N) is 7. The molecule has 1 N–H and O–H groups in total. The summed E-state index contributed by atoms with van der Waals surface area (Å²) in [6.07, 6.45) is 8.63. The van der Waals surface area contributed by atoms with Crippen molar-refractivity contribution in [2.75, 3.05) is 31.5 Å². The Kier molecular flexibility index (Phi) is 6.02. The lowest BCUT2D eigenvalue weighted by Gasteiger charge is -2.26. The van der Waals surface area contributed by atoms with Gasteiger partial charge in [0.2, 0.25) is 5.95 Å². The van der Waals surface area contributed by atoms with E-state index < -0.39 is 0 Å². The van der Waals surface area contributed by atoms with E-state index in [1.54, 1.807) is 12.4 Å². The van der Waals surface area contributed by atoms with Crippen molar-refractivity contribution in [2.45, 2.75) is 32.6 Å². The Morgan fingerprint density at radius 1 is 0.906 bits per heavy atom. The number of pyridine rings is 1. The molecule has 4 aromatic rings. The lowest BCUT2D eigenvalue weighted by atomic mass is 10.1. The molecular formula is C24H28N8. The number of likely N-dealkylation sites (tertiary alicyclic amines) is 1. The van der Waals surface area contributed by atoms with Crippen LogP contribution in [0.5, 0.6) is 0 Å². The molecular weight excluding hydrogens is 400 g/mol. The van der Waals surface area contributed by atoms with Crippen molar-refractivity contribution in [3.63, 3.8) is 0 Å². The molecule has 0 spiro atoms. The van der Waals surface area contributed by atoms with Gasteiger partial charge in [0.15, 0.2) is 5.65 Å². The van der Waals surface area contributed by atoms with Gasteiger partial charge in [-0.15, -0.1) is 0 Å². The van der Waals surface area contributed by atoms with Crippen molar-refractivity contribution in [2.24, 2.45) is 0 Å². The Bertz CT molecular complexity index is 1200. The van der Waals surface area contributed by atoms with E-state index in [1.807, 2.05) is 47.8 Å². The molecule has 8 nitrogen and oxygen atoms in total. The molecule has 1 saturated heterocycles. The van der Waals surface area contributed by atoms with Crippen molar-refractivity contribution in [3.05, 3.63) is 54.5 Å². The molecule has 0 unspecified atom stereocenters. The Labute approximate surface area is 187 Å². The summed E-state index contributed by atoms with van der Waals surface area (Å²) in [5.41, 5.74) is 4.86. The summed E-state index contributed by atoms with van der Waals surface area (Å²) < 4.78 is 1.82. The molecule has 1 aliphatic rings. The van der Waals surface area contributed by atoms with Crippen LogP contribution < -0.4 is 5.32 Å². The zero-order valence-corrected chi connectivity index (χ0v) is 18.4. The van der Waals surface area contributed by atoms with Crippen molar-refractivity contribution in [1.29, 1.82) is 0 Å². The highest BCUT2D eigenvalue weighted by atomic mass is 15.3. The molecule has 1 aliphatic heterocycles. The van der Waals surface area contributed by atoms with Gasteiger partial charge in [0.05, 0.1) is 11.4 Å². The monoisotopic (exact) mass is 428 g/mol. The molecule has 5 heterocycles. The average molecular weight is 429 g/mol. The highest BCUT2D eigenvalue weighted by Gasteiger charge is 2.19. The van der Waals surface area contributed by atoms with Gasteiger partial charge in [0, 0.05) is 24.6 Å². The predicted molar refractivity (Wildman–Crippen MR) is 125 cm³/mol. The summed E-state index contributed by atoms with van der Waals surface area (Å²) in [5.74, 6) is 0.621. The third-order valence-corrected chi connectivity index (χ3v) is 5.81. The lowest BCUT2D eigenvalue weighted by molar-refractivity contribution is 0.228. The fourth-order valence-electron chi connectivity index (χ4n) is 4.23. The molecule has 1 fully saturated rings. The molecule has 0 aromatic carbocycles. The number of anilines is 1. The van der Waals surface area contributed by atoms with E-state index in [4.69, 9.17) is 9.97 Å². The average Bonchev–Trinajstić information content (AvgIpc) is 3.23. The molecule has 8 heteroatoms. The molecule has 0 aliphatic carbocycles. The number of nitrogens with one attached hydrogen (secondary N) is 1. The second-order valence-electron chi connectivity index (χ2n) is 8.22. The maximum absolute atomic E-state index is 4.81. The molecule has 0 saturated carbocycles. The predicted octanol–water partition coefficient (Wildman–Crippen LogP) is 3.84. The van der Waals surface area contributed by atoms with Crippen LogP contribution in [0, 0.1) is 6.92 Å². The fourth-order valence-corrected chi connectivity index (χ4v) is 4.23. The van der Waals surface area contributed by atoms with Crippen LogP contribution >= 0.6 is 0 Å². The number of aryl methyl sites for hydroxylation is 1. The highest BCUT2D eigenvalue weighted by Crippen LogP contribution is 2.30. The number of piperidine rings is 1. The summed E-state index contributed by atoms with van der Waals surface area (Å²) in [5, 5.41) is 7.91. The zero-order valence-electron chi connectivity index (χ0n) is 18.4. The third-order valence-electron chi connectivity index (χ3n) is 5.81. The van der Waals surface area contributed by atoms with Crippen LogP contribution in [0.25, 0.3) is 28.4 Å². The maximum atomic E-state index is 4.81. The van der Waals surface area contributed by atoms with Crippen molar-refractivity contribution < 1.29 is 0 Å². The summed E-state index contributed by atoms with van der Waals surface area (Å²) in [6.45, 7) is 6.39. The van der Waals surface area contributed by atoms with Crippen molar-refractivity contribution in [1.82, 2.24) is 34.4 Å². The summed E-state index contributed by atoms with van der Waals surface area (Å²) in [7, 11) is 0. The van der Waals surface area contributed by atoms with Gasteiger partial charge in [-0.3, -0.25) is 4.98 Å². The summed E-state index contributed by atoms with van der Waals surface area (Å²) >= 11 is 0. The van der Waals surface area contributed by atoms with Crippen LogP contribution in [-0.2, 0) is 0 Å². The van der Waals surface area contributed by atoms with E-state index in [1.165, 1.54) is 32.4 Å². The maximum Gasteiger partial charge on any atom is 0.223 e. The van der Waals surface area contributed by atoms with Gasteiger partial charge in [-0.2, -0.15) is 5.10 Å². The van der Waals surface area contributed by atoms with Gasteiger partial charge in [0.25, 0.3) is 0 Å². The van der Waals surface area contributed by atoms with Gasteiger partial charge in [-0.1, -0.05) is 12.5 Å². The van der Waals surface area contributed by atoms with Crippen LogP contribution in [0.15, 0.2) is 48.8 Å². The number of hydrogen-bond donors (Lipinski definition) is 1. The van der Waals surface area contributed by atoms with Gasteiger partial charge >= 0.3 is 0 Å². The minimum absolute atomic E-state index is 0.621.